The molecule has 0 radical (unpaired) electrons. The van der Waals surface area contributed by atoms with Gasteiger partial charge in [0, 0.05) is 32.2 Å². The Hall–Kier alpha value is -1.50. The molecule has 6 nitrogen and oxygen atoms in total. The lowest BCUT2D eigenvalue weighted by Crippen LogP contribution is -2.45. The molecule has 0 aromatic heterocycles. The van der Waals surface area contributed by atoms with Crippen molar-refractivity contribution >= 4 is 23.2 Å². The summed E-state index contributed by atoms with van der Waals surface area (Å²) in [5.74, 6) is 0.270. The number of nitrogens with two attached hydrogens (primary N) is 1. The molecule has 1 heterocycles. The van der Waals surface area contributed by atoms with E-state index in [1.807, 2.05) is 6.92 Å². The fourth-order valence-corrected chi connectivity index (χ4v) is 2.87. The average molecular weight is 341 g/mol. The zero-order chi connectivity index (χ0) is 17.0. The molecule has 2 rings (SSSR count). The van der Waals surface area contributed by atoms with Crippen LogP contribution in [0, 0.1) is 0 Å². The van der Waals surface area contributed by atoms with Crippen LogP contribution in [-0.2, 0) is 0 Å². The van der Waals surface area contributed by atoms with Gasteiger partial charge in [-0.15, -0.1) is 0 Å². The lowest BCUT2D eigenvalue weighted by atomic mass is 10.1. The quantitative estimate of drug-likeness (QED) is 0.808. The maximum Gasteiger partial charge on any atom is 0.255 e. The van der Waals surface area contributed by atoms with Crippen molar-refractivity contribution in [2.24, 2.45) is 0 Å². The van der Waals surface area contributed by atoms with Crippen molar-refractivity contribution in [3.63, 3.8) is 0 Å². The molecule has 0 saturated carbocycles. The highest BCUT2D eigenvalue weighted by Gasteiger charge is 2.23. The number of carbonyl (C=O) groups is 1. The van der Waals surface area contributed by atoms with Crippen LogP contribution < -0.4 is 15.8 Å². The molecule has 0 aliphatic carbocycles. The van der Waals surface area contributed by atoms with Crippen LogP contribution in [0.25, 0.3) is 0 Å². The summed E-state index contributed by atoms with van der Waals surface area (Å²) in [4.78, 5) is 17.1. The van der Waals surface area contributed by atoms with Gasteiger partial charge in [-0.25, -0.2) is 0 Å². The molecule has 3 N–H and O–H groups in total. The average Bonchev–Trinajstić information content (AvgIpc) is 2.63. The van der Waals surface area contributed by atoms with E-state index in [0.717, 1.165) is 26.2 Å². The number of likely N-dealkylation sites (N-methyl/N-ethyl adjacent to an activating group) is 2. The molecule has 0 bridgehead atoms. The molecule has 0 spiro atoms. The summed E-state index contributed by atoms with van der Waals surface area (Å²) in [6.07, 6.45) is 0. The third-order valence-corrected chi connectivity index (χ3v) is 4.23. The number of benzene rings is 1. The van der Waals surface area contributed by atoms with Crippen LogP contribution in [0.4, 0.5) is 5.69 Å². The number of hydrogen-bond acceptors (Lipinski definition) is 5. The first-order valence-electron chi connectivity index (χ1n) is 7.80. The van der Waals surface area contributed by atoms with Crippen molar-refractivity contribution in [3.8, 4) is 5.75 Å². The molecular formula is C16H25ClN4O2. The Kier molecular flexibility index (Phi) is 6.10. The number of hydrogen-bond donors (Lipinski definition) is 2. The van der Waals surface area contributed by atoms with Crippen LogP contribution in [0.1, 0.15) is 17.3 Å². The first-order valence-corrected chi connectivity index (χ1v) is 8.18. The second-order valence-corrected chi connectivity index (χ2v) is 6.40. The summed E-state index contributed by atoms with van der Waals surface area (Å²) in [5.41, 5.74) is 6.62. The van der Waals surface area contributed by atoms with Gasteiger partial charge >= 0.3 is 0 Å². The SMILES string of the molecule is CCOc1cc(N)c(Cl)cc1C(=O)NC1CN(C)CCN(C)C1. The minimum Gasteiger partial charge on any atom is -0.493 e. The Morgan fingerprint density at radius 1 is 1.35 bits per heavy atom. The Morgan fingerprint density at radius 2 is 1.96 bits per heavy atom. The Labute approximate surface area is 142 Å². The molecule has 1 aromatic rings. The van der Waals surface area contributed by atoms with Gasteiger partial charge in [-0.1, -0.05) is 11.6 Å². The van der Waals surface area contributed by atoms with E-state index in [1.165, 1.54) is 0 Å². The van der Waals surface area contributed by atoms with Crippen LogP contribution in [0.2, 0.25) is 5.02 Å². The Bertz CT molecular complexity index is 555. The minimum atomic E-state index is -0.191. The van der Waals surface area contributed by atoms with E-state index >= 15 is 0 Å². The maximum atomic E-state index is 12.7. The Balaban J connectivity index is 2.17. The first-order chi connectivity index (χ1) is 10.9. The largest absolute Gasteiger partial charge is 0.493 e. The zero-order valence-electron chi connectivity index (χ0n) is 13.9. The maximum absolute atomic E-state index is 12.7. The molecule has 1 aromatic carbocycles. The molecule has 1 fully saturated rings. The highest BCUT2D eigenvalue weighted by Crippen LogP contribution is 2.29. The van der Waals surface area contributed by atoms with Gasteiger partial charge in [-0.2, -0.15) is 0 Å². The van der Waals surface area contributed by atoms with E-state index in [1.54, 1.807) is 12.1 Å². The summed E-state index contributed by atoms with van der Waals surface area (Å²) >= 11 is 6.07. The number of amides is 1. The molecule has 1 aliphatic rings. The van der Waals surface area contributed by atoms with Crippen LogP contribution >= 0.6 is 11.6 Å². The molecule has 128 valence electrons. The lowest BCUT2D eigenvalue weighted by Gasteiger charge is -2.23. The zero-order valence-corrected chi connectivity index (χ0v) is 14.7. The normalized spacial score (nSPS) is 17.7. The van der Waals surface area contributed by atoms with Gasteiger partial charge in [0.2, 0.25) is 0 Å². The lowest BCUT2D eigenvalue weighted by molar-refractivity contribution is 0.0923. The van der Waals surface area contributed by atoms with Crippen LogP contribution in [0.3, 0.4) is 0 Å². The fraction of sp³-hybridized carbons (Fsp3) is 0.562. The molecule has 1 saturated heterocycles. The van der Waals surface area contributed by atoms with E-state index in [-0.39, 0.29) is 11.9 Å². The standard InChI is InChI=1S/C16H25ClN4O2/c1-4-23-15-8-14(18)13(17)7-12(15)16(22)19-11-9-20(2)5-6-21(3)10-11/h7-8,11H,4-6,9-10,18H2,1-3H3,(H,19,22). The Morgan fingerprint density at radius 3 is 2.52 bits per heavy atom. The summed E-state index contributed by atoms with van der Waals surface area (Å²) in [6, 6.07) is 3.22. The molecule has 1 aliphatic heterocycles. The molecule has 0 atom stereocenters. The van der Waals surface area contributed by atoms with Crippen molar-refractivity contribution in [2.45, 2.75) is 13.0 Å². The van der Waals surface area contributed by atoms with Crippen molar-refractivity contribution < 1.29 is 9.53 Å². The van der Waals surface area contributed by atoms with Crippen molar-refractivity contribution in [1.29, 1.82) is 0 Å². The third kappa shape index (κ3) is 4.73. The predicted molar refractivity (Wildman–Crippen MR) is 93.3 cm³/mol. The molecule has 0 unspecified atom stereocenters. The highest BCUT2D eigenvalue weighted by molar-refractivity contribution is 6.33. The summed E-state index contributed by atoms with van der Waals surface area (Å²) < 4.78 is 5.53. The van der Waals surface area contributed by atoms with Gasteiger partial charge in [0.1, 0.15) is 5.75 Å². The predicted octanol–water partition coefficient (Wildman–Crippen LogP) is 1.30. The van der Waals surface area contributed by atoms with Gasteiger partial charge in [0.25, 0.3) is 5.91 Å². The van der Waals surface area contributed by atoms with Gasteiger partial charge in [-0.05, 0) is 27.1 Å². The molecule has 23 heavy (non-hydrogen) atoms. The van der Waals surface area contributed by atoms with Gasteiger partial charge < -0.3 is 25.6 Å². The second kappa shape index (κ2) is 7.86. The van der Waals surface area contributed by atoms with Gasteiger partial charge in [0.15, 0.2) is 0 Å². The van der Waals surface area contributed by atoms with E-state index in [2.05, 4.69) is 29.2 Å². The molecule has 1 amide bonds. The van der Waals surface area contributed by atoms with Crippen molar-refractivity contribution in [1.82, 2.24) is 15.1 Å². The number of rotatable bonds is 4. The van der Waals surface area contributed by atoms with E-state index in [0.29, 0.717) is 28.6 Å². The number of anilines is 1. The smallest absolute Gasteiger partial charge is 0.255 e. The topological polar surface area (TPSA) is 70.8 Å². The second-order valence-electron chi connectivity index (χ2n) is 6.00. The van der Waals surface area contributed by atoms with Crippen LogP contribution in [0.15, 0.2) is 12.1 Å². The number of nitrogens with zero attached hydrogens (tertiary/aromatic N) is 2. The molecule has 7 heteroatoms. The third-order valence-electron chi connectivity index (χ3n) is 3.91. The number of nitrogen functional groups attached to an aromatic ring is 1. The fourth-order valence-electron chi connectivity index (χ4n) is 2.71. The van der Waals surface area contributed by atoms with Crippen molar-refractivity contribution in [2.75, 3.05) is 52.6 Å². The van der Waals surface area contributed by atoms with Crippen LogP contribution in [0.5, 0.6) is 5.75 Å². The monoisotopic (exact) mass is 340 g/mol. The van der Waals surface area contributed by atoms with Gasteiger partial charge in [0.05, 0.1) is 28.9 Å². The van der Waals surface area contributed by atoms with Crippen molar-refractivity contribution in [3.05, 3.63) is 22.7 Å². The number of ether oxygens (including phenoxy) is 1. The number of halogens is 1. The number of carbonyl (C=O) groups excluding carboxylic acids is 1. The van der Waals surface area contributed by atoms with E-state index in [9.17, 15) is 4.79 Å². The van der Waals surface area contributed by atoms with E-state index < -0.39 is 0 Å². The molecular weight excluding hydrogens is 316 g/mol. The number of nitrogens with one attached hydrogen (secondary N) is 1. The minimum absolute atomic E-state index is 0.0470. The highest BCUT2D eigenvalue weighted by atomic mass is 35.5. The summed E-state index contributed by atoms with van der Waals surface area (Å²) in [7, 11) is 4.12. The van der Waals surface area contributed by atoms with Crippen LogP contribution in [-0.4, -0.2) is 68.6 Å². The summed E-state index contributed by atoms with van der Waals surface area (Å²) in [5, 5.41) is 3.44. The van der Waals surface area contributed by atoms with E-state index in [4.69, 9.17) is 22.1 Å². The van der Waals surface area contributed by atoms with Gasteiger partial charge in [-0.3, -0.25) is 4.79 Å². The summed E-state index contributed by atoms with van der Waals surface area (Å²) in [6.45, 7) is 5.91. The first kappa shape index (κ1) is 17.8.